The minimum absolute atomic E-state index is 0.160. The van der Waals surface area contributed by atoms with Gasteiger partial charge in [0.05, 0.1) is 13.2 Å². The molecule has 0 heterocycles. The Morgan fingerprint density at radius 2 is 1.86 bits per heavy atom. The second-order valence-electron chi connectivity index (χ2n) is 4.38. The maximum absolute atomic E-state index is 12.7. The van der Waals surface area contributed by atoms with Gasteiger partial charge in [0.2, 0.25) is 0 Å². The Hall–Kier alpha value is -1.72. The van der Waals surface area contributed by atoms with Crippen molar-refractivity contribution < 1.29 is 19.0 Å². The van der Waals surface area contributed by atoms with E-state index in [0.717, 1.165) is 10.6 Å². The largest absolute Gasteiger partial charge is 0.496 e. The van der Waals surface area contributed by atoms with Crippen molar-refractivity contribution in [1.82, 2.24) is 0 Å². The van der Waals surface area contributed by atoms with Crippen molar-refractivity contribution in [3.8, 4) is 11.5 Å². The molecule has 2 aromatic carbocycles. The Balaban J connectivity index is 1.79. The average Bonchev–Trinajstić information content (AvgIpc) is 2.52. The maximum Gasteiger partial charge on any atom is 0.132 e. The summed E-state index contributed by atoms with van der Waals surface area (Å²) in [6.45, 7) is 0.160. The highest BCUT2D eigenvalue weighted by Gasteiger charge is 2.09. The van der Waals surface area contributed by atoms with Crippen LogP contribution in [0.4, 0.5) is 4.39 Å². The van der Waals surface area contributed by atoms with Crippen LogP contribution in [-0.4, -0.2) is 30.7 Å². The third kappa shape index (κ3) is 4.95. The Kier molecular flexibility index (Phi) is 5.90. The predicted molar refractivity (Wildman–Crippen MR) is 81.6 cm³/mol. The first-order chi connectivity index (χ1) is 10.2. The molecule has 0 aliphatic rings. The first-order valence-corrected chi connectivity index (χ1v) is 7.50. The van der Waals surface area contributed by atoms with Gasteiger partial charge in [-0.3, -0.25) is 0 Å². The molecule has 5 heteroatoms. The summed E-state index contributed by atoms with van der Waals surface area (Å²) in [6, 6.07) is 13.4. The van der Waals surface area contributed by atoms with E-state index in [0.29, 0.717) is 11.5 Å². The van der Waals surface area contributed by atoms with Crippen LogP contribution in [-0.2, 0) is 0 Å². The second kappa shape index (κ2) is 7.90. The molecule has 0 spiro atoms. The Morgan fingerprint density at radius 1 is 1.14 bits per heavy atom. The molecule has 0 saturated carbocycles. The molecule has 0 fully saturated rings. The number of benzene rings is 2. The molecule has 0 amide bonds. The summed E-state index contributed by atoms with van der Waals surface area (Å²) >= 11 is 1.50. The normalized spacial score (nSPS) is 12.0. The van der Waals surface area contributed by atoms with Crippen LogP contribution in [0.5, 0.6) is 11.5 Å². The standard InChI is InChI=1S/C16H17FO3S/c1-19-15-4-2-3-5-16(15)21-11-13(18)10-20-14-8-6-12(17)7-9-14/h2-9,13,18H,10-11H2,1H3. The van der Waals surface area contributed by atoms with Crippen molar-refractivity contribution in [3.63, 3.8) is 0 Å². The van der Waals surface area contributed by atoms with Gasteiger partial charge in [-0.15, -0.1) is 11.8 Å². The summed E-state index contributed by atoms with van der Waals surface area (Å²) in [7, 11) is 1.62. The Morgan fingerprint density at radius 3 is 2.57 bits per heavy atom. The van der Waals surface area contributed by atoms with Gasteiger partial charge in [-0.05, 0) is 36.4 Å². The van der Waals surface area contributed by atoms with E-state index in [4.69, 9.17) is 9.47 Å². The monoisotopic (exact) mass is 308 g/mol. The zero-order valence-electron chi connectivity index (χ0n) is 11.7. The summed E-state index contributed by atoms with van der Waals surface area (Å²) in [5.74, 6) is 1.50. The Labute approximate surface area is 127 Å². The molecule has 0 bridgehead atoms. The highest BCUT2D eigenvalue weighted by Crippen LogP contribution is 2.29. The molecule has 112 valence electrons. The van der Waals surface area contributed by atoms with E-state index >= 15 is 0 Å². The van der Waals surface area contributed by atoms with Gasteiger partial charge in [0.1, 0.15) is 23.9 Å². The van der Waals surface area contributed by atoms with Gasteiger partial charge in [0.15, 0.2) is 0 Å². The lowest BCUT2D eigenvalue weighted by Crippen LogP contribution is -2.20. The van der Waals surface area contributed by atoms with E-state index in [1.54, 1.807) is 7.11 Å². The fraction of sp³-hybridized carbons (Fsp3) is 0.250. The zero-order chi connectivity index (χ0) is 15.1. The van der Waals surface area contributed by atoms with Gasteiger partial charge < -0.3 is 14.6 Å². The molecule has 0 aliphatic carbocycles. The van der Waals surface area contributed by atoms with Crippen LogP contribution in [0.1, 0.15) is 0 Å². The van der Waals surface area contributed by atoms with E-state index in [9.17, 15) is 9.50 Å². The van der Waals surface area contributed by atoms with Gasteiger partial charge in [-0.2, -0.15) is 0 Å². The van der Waals surface area contributed by atoms with Gasteiger partial charge >= 0.3 is 0 Å². The highest BCUT2D eigenvalue weighted by atomic mass is 32.2. The van der Waals surface area contributed by atoms with Crippen LogP contribution in [0.2, 0.25) is 0 Å². The summed E-state index contributed by atoms with van der Waals surface area (Å²) < 4.78 is 23.4. The van der Waals surface area contributed by atoms with E-state index < -0.39 is 6.10 Å². The van der Waals surface area contributed by atoms with Crippen molar-refractivity contribution in [3.05, 3.63) is 54.3 Å². The molecule has 0 saturated heterocycles. The van der Waals surface area contributed by atoms with Crippen LogP contribution in [0.3, 0.4) is 0 Å². The highest BCUT2D eigenvalue weighted by molar-refractivity contribution is 7.99. The molecule has 3 nitrogen and oxygen atoms in total. The van der Waals surface area contributed by atoms with E-state index in [-0.39, 0.29) is 12.4 Å². The van der Waals surface area contributed by atoms with Gasteiger partial charge in [0, 0.05) is 10.6 Å². The average molecular weight is 308 g/mol. The van der Waals surface area contributed by atoms with Crippen molar-refractivity contribution in [2.45, 2.75) is 11.0 Å². The van der Waals surface area contributed by atoms with Crippen LogP contribution in [0.15, 0.2) is 53.4 Å². The van der Waals surface area contributed by atoms with E-state index in [1.807, 2.05) is 24.3 Å². The number of thioether (sulfide) groups is 1. The van der Waals surface area contributed by atoms with Crippen molar-refractivity contribution >= 4 is 11.8 Å². The lowest BCUT2D eigenvalue weighted by Gasteiger charge is -2.13. The smallest absolute Gasteiger partial charge is 0.132 e. The number of rotatable bonds is 7. The number of methoxy groups -OCH3 is 1. The minimum atomic E-state index is -0.620. The third-order valence-corrected chi connectivity index (χ3v) is 3.96. The molecule has 1 N–H and O–H groups in total. The fourth-order valence-electron chi connectivity index (χ4n) is 1.70. The minimum Gasteiger partial charge on any atom is -0.496 e. The van der Waals surface area contributed by atoms with Crippen LogP contribution in [0.25, 0.3) is 0 Å². The van der Waals surface area contributed by atoms with Crippen molar-refractivity contribution in [2.75, 3.05) is 19.5 Å². The first kappa shape index (κ1) is 15.7. The molecule has 0 aromatic heterocycles. The molecule has 21 heavy (non-hydrogen) atoms. The molecule has 2 aromatic rings. The van der Waals surface area contributed by atoms with Crippen LogP contribution in [0, 0.1) is 5.82 Å². The number of hydrogen-bond donors (Lipinski definition) is 1. The van der Waals surface area contributed by atoms with E-state index in [2.05, 4.69) is 0 Å². The molecule has 0 radical (unpaired) electrons. The van der Waals surface area contributed by atoms with E-state index in [1.165, 1.54) is 36.0 Å². The SMILES string of the molecule is COc1ccccc1SCC(O)COc1ccc(F)cc1. The molecule has 1 unspecified atom stereocenters. The molecule has 0 aliphatic heterocycles. The third-order valence-electron chi connectivity index (χ3n) is 2.76. The number of hydrogen-bond acceptors (Lipinski definition) is 4. The maximum atomic E-state index is 12.7. The number of aliphatic hydroxyl groups excluding tert-OH is 1. The lowest BCUT2D eigenvalue weighted by atomic mass is 10.3. The summed E-state index contributed by atoms with van der Waals surface area (Å²) in [5.41, 5.74) is 0. The topological polar surface area (TPSA) is 38.7 Å². The summed E-state index contributed by atoms with van der Waals surface area (Å²) in [6.07, 6.45) is -0.620. The number of aliphatic hydroxyl groups is 1. The lowest BCUT2D eigenvalue weighted by molar-refractivity contribution is 0.126. The molecular formula is C16H17FO3S. The van der Waals surface area contributed by atoms with Crippen molar-refractivity contribution in [2.24, 2.45) is 0 Å². The van der Waals surface area contributed by atoms with Crippen LogP contribution < -0.4 is 9.47 Å². The number of para-hydroxylation sites is 1. The Bertz CT molecular complexity index is 560. The quantitative estimate of drug-likeness (QED) is 0.796. The predicted octanol–water partition coefficient (Wildman–Crippen LogP) is 3.37. The molecular weight excluding hydrogens is 291 g/mol. The van der Waals surface area contributed by atoms with Crippen molar-refractivity contribution in [1.29, 1.82) is 0 Å². The summed E-state index contributed by atoms with van der Waals surface area (Å²) in [5, 5.41) is 9.93. The van der Waals surface area contributed by atoms with Gasteiger partial charge in [-0.25, -0.2) is 4.39 Å². The molecule has 1 atom stereocenters. The number of ether oxygens (including phenoxy) is 2. The molecule has 2 rings (SSSR count). The van der Waals surface area contributed by atoms with Gasteiger partial charge in [-0.1, -0.05) is 12.1 Å². The van der Waals surface area contributed by atoms with Crippen LogP contribution >= 0.6 is 11.8 Å². The first-order valence-electron chi connectivity index (χ1n) is 6.51. The zero-order valence-corrected chi connectivity index (χ0v) is 12.5. The summed E-state index contributed by atoms with van der Waals surface area (Å²) in [4.78, 5) is 0.973. The van der Waals surface area contributed by atoms with Gasteiger partial charge in [0.25, 0.3) is 0 Å². The fourth-order valence-corrected chi connectivity index (χ4v) is 2.63. The number of halogens is 1. The second-order valence-corrected chi connectivity index (χ2v) is 5.44.